The molecule has 1 aliphatic heterocycles. The van der Waals surface area contributed by atoms with Crippen molar-refractivity contribution in [1.82, 2.24) is 4.90 Å². The number of amides is 2. The van der Waals surface area contributed by atoms with Crippen LogP contribution in [0.4, 0.5) is 0 Å². The highest BCUT2D eigenvalue weighted by atomic mass is 16.2. The summed E-state index contributed by atoms with van der Waals surface area (Å²) in [6.45, 7) is 2.40. The Morgan fingerprint density at radius 2 is 2.06 bits per heavy atom. The number of hydrogen-bond donors (Lipinski definition) is 1. The van der Waals surface area contributed by atoms with Gasteiger partial charge in [0.05, 0.1) is 12.0 Å². The van der Waals surface area contributed by atoms with Crippen LogP contribution in [0.1, 0.15) is 24.9 Å². The third kappa shape index (κ3) is 2.30. The Hall–Kier alpha value is -1.84. The van der Waals surface area contributed by atoms with E-state index in [9.17, 15) is 9.59 Å². The number of likely N-dealkylation sites (tertiary alicyclic amines) is 1. The molecule has 0 radical (unpaired) electrons. The van der Waals surface area contributed by atoms with Gasteiger partial charge in [0, 0.05) is 13.0 Å². The average Bonchev–Trinajstić information content (AvgIpc) is 2.72. The lowest BCUT2D eigenvalue weighted by molar-refractivity contribution is -0.130. The molecule has 1 fully saturated rings. The summed E-state index contributed by atoms with van der Waals surface area (Å²) in [6, 6.07) is 9.78. The molecule has 1 heterocycles. The Labute approximate surface area is 100 Å². The van der Waals surface area contributed by atoms with Crippen molar-refractivity contribution >= 4 is 11.8 Å². The third-order valence-electron chi connectivity index (χ3n) is 3.31. The summed E-state index contributed by atoms with van der Waals surface area (Å²) in [6.07, 6.45) is 0.243. The minimum Gasteiger partial charge on any atom is -0.369 e. The number of hydrogen-bond acceptors (Lipinski definition) is 2. The molecule has 0 saturated carbocycles. The zero-order valence-electron chi connectivity index (χ0n) is 9.80. The molecule has 1 aliphatic rings. The quantitative estimate of drug-likeness (QED) is 0.847. The average molecular weight is 232 g/mol. The van der Waals surface area contributed by atoms with E-state index in [4.69, 9.17) is 5.73 Å². The number of benzene rings is 1. The van der Waals surface area contributed by atoms with Gasteiger partial charge in [-0.1, -0.05) is 30.3 Å². The normalized spacial score (nSPS) is 21.6. The van der Waals surface area contributed by atoms with E-state index in [2.05, 4.69) is 0 Å². The van der Waals surface area contributed by atoms with E-state index in [1.807, 2.05) is 37.3 Å². The van der Waals surface area contributed by atoms with Crippen LogP contribution >= 0.6 is 0 Å². The SMILES string of the molecule is CC(c1ccccc1)N1CC(C(N)=O)CC1=O. The van der Waals surface area contributed by atoms with Gasteiger partial charge in [0.15, 0.2) is 0 Å². The van der Waals surface area contributed by atoms with Crippen LogP contribution in [0.25, 0.3) is 0 Å². The molecule has 0 aliphatic carbocycles. The monoisotopic (exact) mass is 232 g/mol. The molecule has 4 nitrogen and oxygen atoms in total. The molecule has 2 N–H and O–H groups in total. The van der Waals surface area contributed by atoms with Gasteiger partial charge in [-0.3, -0.25) is 9.59 Å². The first-order valence-electron chi connectivity index (χ1n) is 5.73. The van der Waals surface area contributed by atoms with Crippen LogP contribution in [0.3, 0.4) is 0 Å². The first kappa shape index (κ1) is 11.6. The molecule has 2 amide bonds. The second kappa shape index (κ2) is 4.57. The fourth-order valence-electron chi connectivity index (χ4n) is 2.21. The molecular weight excluding hydrogens is 216 g/mol. The van der Waals surface area contributed by atoms with Crippen molar-refractivity contribution in [2.45, 2.75) is 19.4 Å². The highest BCUT2D eigenvalue weighted by Gasteiger charge is 2.35. The van der Waals surface area contributed by atoms with E-state index >= 15 is 0 Å². The fourth-order valence-corrected chi connectivity index (χ4v) is 2.21. The number of nitrogens with zero attached hydrogens (tertiary/aromatic N) is 1. The molecule has 1 saturated heterocycles. The fraction of sp³-hybridized carbons (Fsp3) is 0.385. The Kier molecular flexibility index (Phi) is 3.13. The van der Waals surface area contributed by atoms with Crippen LogP contribution in [0.15, 0.2) is 30.3 Å². The second-order valence-corrected chi connectivity index (χ2v) is 4.44. The van der Waals surface area contributed by atoms with Gasteiger partial charge in [0.25, 0.3) is 0 Å². The first-order valence-corrected chi connectivity index (χ1v) is 5.73. The van der Waals surface area contributed by atoms with Crippen molar-refractivity contribution in [3.05, 3.63) is 35.9 Å². The molecule has 90 valence electrons. The molecule has 0 spiro atoms. The zero-order chi connectivity index (χ0) is 12.4. The Balaban J connectivity index is 2.14. The summed E-state index contributed by atoms with van der Waals surface area (Å²) in [7, 11) is 0. The zero-order valence-corrected chi connectivity index (χ0v) is 9.80. The minimum absolute atomic E-state index is 0.00477. The van der Waals surface area contributed by atoms with Crippen molar-refractivity contribution < 1.29 is 9.59 Å². The Morgan fingerprint density at radius 3 is 2.59 bits per heavy atom. The highest BCUT2D eigenvalue weighted by Crippen LogP contribution is 2.27. The summed E-state index contributed by atoms with van der Waals surface area (Å²) < 4.78 is 0. The Morgan fingerprint density at radius 1 is 1.41 bits per heavy atom. The predicted molar refractivity (Wildman–Crippen MR) is 63.9 cm³/mol. The predicted octanol–water partition coefficient (Wildman–Crippen LogP) is 1.08. The molecule has 17 heavy (non-hydrogen) atoms. The lowest BCUT2D eigenvalue weighted by atomic mass is 10.1. The molecule has 4 heteroatoms. The maximum absolute atomic E-state index is 11.8. The molecule has 1 aromatic rings. The molecular formula is C13H16N2O2. The lowest BCUT2D eigenvalue weighted by Gasteiger charge is -2.24. The minimum atomic E-state index is -0.388. The molecule has 2 rings (SSSR count). The number of rotatable bonds is 3. The van der Waals surface area contributed by atoms with Gasteiger partial charge in [-0.2, -0.15) is 0 Å². The summed E-state index contributed by atoms with van der Waals surface area (Å²) in [5.74, 6) is -0.722. The van der Waals surface area contributed by atoms with Gasteiger partial charge >= 0.3 is 0 Å². The number of primary amides is 1. The van der Waals surface area contributed by atoms with Gasteiger partial charge in [-0.15, -0.1) is 0 Å². The second-order valence-electron chi connectivity index (χ2n) is 4.44. The van der Waals surface area contributed by atoms with Crippen LogP contribution < -0.4 is 5.73 Å². The number of nitrogens with two attached hydrogens (primary N) is 1. The van der Waals surface area contributed by atoms with Crippen LogP contribution in [0.5, 0.6) is 0 Å². The summed E-state index contributed by atoms with van der Waals surface area (Å²) in [5, 5.41) is 0. The maximum atomic E-state index is 11.8. The molecule has 0 aromatic heterocycles. The summed E-state index contributed by atoms with van der Waals surface area (Å²) >= 11 is 0. The van der Waals surface area contributed by atoms with E-state index in [0.29, 0.717) is 6.54 Å². The van der Waals surface area contributed by atoms with Crippen LogP contribution in [-0.4, -0.2) is 23.3 Å². The Bertz CT molecular complexity index is 430. The van der Waals surface area contributed by atoms with Gasteiger partial charge in [0.2, 0.25) is 11.8 Å². The van der Waals surface area contributed by atoms with Gasteiger partial charge in [0.1, 0.15) is 0 Å². The van der Waals surface area contributed by atoms with E-state index in [0.717, 1.165) is 5.56 Å². The van der Waals surface area contributed by atoms with Crippen molar-refractivity contribution in [3.63, 3.8) is 0 Å². The van der Waals surface area contributed by atoms with Gasteiger partial charge < -0.3 is 10.6 Å². The number of carbonyl (C=O) groups excluding carboxylic acids is 2. The first-order chi connectivity index (χ1) is 8.09. The topological polar surface area (TPSA) is 63.4 Å². The lowest BCUT2D eigenvalue weighted by Crippen LogP contribution is -2.30. The largest absolute Gasteiger partial charge is 0.369 e. The van der Waals surface area contributed by atoms with Crippen molar-refractivity contribution in [3.8, 4) is 0 Å². The molecule has 2 atom stereocenters. The standard InChI is InChI=1S/C13H16N2O2/c1-9(10-5-3-2-4-6-10)15-8-11(13(14)17)7-12(15)16/h2-6,9,11H,7-8H2,1H3,(H2,14,17). The van der Waals surface area contributed by atoms with Crippen LogP contribution in [0.2, 0.25) is 0 Å². The van der Waals surface area contributed by atoms with Crippen LogP contribution in [0, 0.1) is 5.92 Å². The molecule has 2 unspecified atom stereocenters. The van der Waals surface area contributed by atoms with Gasteiger partial charge in [-0.25, -0.2) is 0 Å². The van der Waals surface area contributed by atoms with E-state index in [1.54, 1.807) is 4.90 Å². The van der Waals surface area contributed by atoms with Crippen LogP contribution in [-0.2, 0) is 9.59 Å². The van der Waals surface area contributed by atoms with E-state index < -0.39 is 0 Å². The number of carbonyl (C=O) groups is 2. The van der Waals surface area contributed by atoms with Crippen molar-refractivity contribution in [2.24, 2.45) is 11.7 Å². The maximum Gasteiger partial charge on any atom is 0.223 e. The van der Waals surface area contributed by atoms with Gasteiger partial charge in [-0.05, 0) is 12.5 Å². The van der Waals surface area contributed by atoms with E-state index in [-0.39, 0.29) is 30.2 Å². The molecule has 1 aromatic carbocycles. The third-order valence-corrected chi connectivity index (χ3v) is 3.31. The highest BCUT2D eigenvalue weighted by molar-refractivity contribution is 5.88. The summed E-state index contributed by atoms with van der Waals surface area (Å²) in [5.41, 5.74) is 6.32. The smallest absolute Gasteiger partial charge is 0.223 e. The van der Waals surface area contributed by atoms with E-state index in [1.165, 1.54) is 0 Å². The summed E-state index contributed by atoms with van der Waals surface area (Å²) in [4.78, 5) is 24.6. The molecule has 0 bridgehead atoms. The van der Waals surface area contributed by atoms with Crippen molar-refractivity contribution in [1.29, 1.82) is 0 Å². The van der Waals surface area contributed by atoms with Crippen molar-refractivity contribution in [2.75, 3.05) is 6.54 Å².